The molecule has 3 heterocycles. The van der Waals surface area contributed by atoms with Gasteiger partial charge in [0.05, 0.1) is 6.04 Å². The van der Waals surface area contributed by atoms with Crippen molar-refractivity contribution in [1.29, 1.82) is 0 Å². The number of hydrogen-bond donors (Lipinski definition) is 2. The van der Waals surface area contributed by atoms with E-state index in [4.69, 9.17) is 0 Å². The highest BCUT2D eigenvalue weighted by Crippen LogP contribution is 2.24. The fourth-order valence-corrected chi connectivity index (χ4v) is 4.09. The van der Waals surface area contributed by atoms with Crippen LogP contribution < -0.4 is 15.5 Å². The van der Waals surface area contributed by atoms with Crippen molar-refractivity contribution in [2.24, 2.45) is 0 Å². The van der Waals surface area contributed by atoms with E-state index in [0.717, 1.165) is 39.0 Å². The van der Waals surface area contributed by atoms with Gasteiger partial charge in [-0.05, 0) is 56.3 Å². The molecule has 1 aromatic heterocycles. The van der Waals surface area contributed by atoms with Crippen LogP contribution in [0.3, 0.4) is 0 Å². The lowest BCUT2D eigenvalue weighted by Gasteiger charge is -2.30. The van der Waals surface area contributed by atoms with Crippen LogP contribution in [0, 0.1) is 0 Å². The SMILES string of the molecule is O=C(NCc1ccccc1N1CCCCC1)c1ccn(C2CCCNC2)n1. The molecule has 1 atom stereocenters. The van der Waals surface area contributed by atoms with Gasteiger partial charge in [-0.25, -0.2) is 0 Å². The second-order valence-corrected chi connectivity index (χ2v) is 7.54. The number of benzene rings is 1. The van der Waals surface area contributed by atoms with Gasteiger partial charge in [-0.3, -0.25) is 9.48 Å². The fourth-order valence-electron chi connectivity index (χ4n) is 4.09. The minimum absolute atomic E-state index is 0.106. The largest absolute Gasteiger partial charge is 0.371 e. The summed E-state index contributed by atoms with van der Waals surface area (Å²) in [6.07, 6.45) is 7.99. The number of rotatable bonds is 5. The molecule has 4 rings (SSSR count). The maximum Gasteiger partial charge on any atom is 0.272 e. The predicted molar refractivity (Wildman–Crippen MR) is 107 cm³/mol. The normalized spacial score (nSPS) is 20.4. The summed E-state index contributed by atoms with van der Waals surface area (Å²) >= 11 is 0. The van der Waals surface area contributed by atoms with Crippen LogP contribution in [0.5, 0.6) is 0 Å². The first kappa shape index (κ1) is 18.0. The number of carbonyl (C=O) groups excluding carboxylic acids is 1. The highest BCUT2D eigenvalue weighted by Gasteiger charge is 2.18. The lowest BCUT2D eigenvalue weighted by molar-refractivity contribution is 0.0944. The minimum atomic E-state index is -0.106. The maximum atomic E-state index is 12.6. The molecule has 2 aliphatic heterocycles. The summed E-state index contributed by atoms with van der Waals surface area (Å²) in [6, 6.07) is 10.6. The van der Waals surface area contributed by atoms with Gasteiger partial charge < -0.3 is 15.5 Å². The van der Waals surface area contributed by atoms with Gasteiger partial charge in [0, 0.05) is 38.1 Å². The number of piperidine rings is 2. The Kier molecular flexibility index (Phi) is 5.72. The van der Waals surface area contributed by atoms with Crippen molar-refractivity contribution in [1.82, 2.24) is 20.4 Å². The lowest BCUT2D eigenvalue weighted by Crippen LogP contribution is -2.32. The zero-order chi connectivity index (χ0) is 18.5. The minimum Gasteiger partial charge on any atom is -0.371 e. The Labute approximate surface area is 160 Å². The second kappa shape index (κ2) is 8.57. The molecule has 0 spiro atoms. The second-order valence-electron chi connectivity index (χ2n) is 7.54. The quantitative estimate of drug-likeness (QED) is 0.853. The number of para-hydroxylation sites is 1. The smallest absolute Gasteiger partial charge is 0.272 e. The topological polar surface area (TPSA) is 62.2 Å². The van der Waals surface area contributed by atoms with Crippen molar-refractivity contribution in [3.05, 3.63) is 47.8 Å². The van der Waals surface area contributed by atoms with E-state index in [0.29, 0.717) is 18.3 Å². The molecule has 2 fully saturated rings. The van der Waals surface area contributed by atoms with Gasteiger partial charge in [0.15, 0.2) is 0 Å². The lowest BCUT2D eigenvalue weighted by atomic mass is 10.1. The molecule has 6 heteroatoms. The Balaban J connectivity index is 1.39. The van der Waals surface area contributed by atoms with E-state index in [1.54, 1.807) is 0 Å². The highest BCUT2D eigenvalue weighted by atomic mass is 16.1. The van der Waals surface area contributed by atoms with Gasteiger partial charge in [0.1, 0.15) is 5.69 Å². The van der Waals surface area contributed by atoms with E-state index in [1.807, 2.05) is 23.0 Å². The average Bonchev–Trinajstić information content (AvgIpc) is 3.24. The van der Waals surface area contributed by atoms with Gasteiger partial charge in [-0.1, -0.05) is 18.2 Å². The first-order valence-electron chi connectivity index (χ1n) is 10.2. The fraction of sp³-hybridized carbons (Fsp3) is 0.524. The Morgan fingerprint density at radius 1 is 1.15 bits per heavy atom. The molecule has 2 aliphatic rings. The molecule has 0 bridgehead atoms. The monoisotopic (exact) mass is 367 g/mol. The zero-order valence-corrected chi connectivity index (χ0v) is 15.9. The zero-order valence-electron chi connectivity index (χ0n) is 15.9. The van der Waals surface area contributed by atoms with Crippen molar-refractivity contribution in [2.75, 3.05) is 31.1 Å². The van der Waals surface area contributed by atoms with Crippen molar-refractivity contribution in [2.45, 2.75) is 44.7 Å². The molecule has 2 saturated heterocycles. The predicted octanol–water partition coefficient (Wildman–Crippen LogP) is 2.73. The standard InChI is InChI=1S/C21H29N5O/c27-21(19-10-14-26(24-19)18-8-6-11-22-16-18)23-15-17-7-2-3-9-20(17)25-12-4-1-5-13-25/h2-3,7,9-10,14,18,22H,1,4-6,8,11-13,15-16H2,(H,23,27). The van der Waals surface area contributed by atoms with Gasteiger partial charge in [0.2, 0.25) is 0 Å². The van der Waals surface area contributed by atoms with Crippen molar-refractivity contribution in [3.8, 4) is 0 Å². The van der Waals surface area contributed by atoms with Crippen molar-refractivity contribution in [3.63, 3.8) is 0 Å². The number of carbonyl (C=O) groups is 1. The number of hydrogen-bond acceptors (Lipinski definition) is 4. The van der Waals surface area contributed by atoms with E-state index >= 15 is 0 Å². The average molecular weight is 367 g/mol. The van der Waals surface area contributed by atoms with Crippen LogP contribution in [-0.2, 0) is 6.54 Å². The third-order valence-corrected chi connectivity index (χ3v) is 5.61. The third-order valence-electron chi connectivity index (χ3n) is 5.61. The molecule has 6 nitrogen and oxygen atoms in total. The summed E-state index contributed by atoms with van der Waals surface area (Å²) < 4.78 is 1.93. The third kappa shape index (κ3) is 4.33. The number of anilines is 1. The molecule has 2 N–H and O–H groups in total. The first-order chi connectivity index (χ1) is 13.3. The number of aromatic nitrogens is 2. The van der Waals surface area contributed by atoms with Crippen LogP contribution in [-0.4, -0.2) is 41.9 Å². The molecule has 1 amide bonds. The van der Waals surface area contributed by atoms with Gasteiger partial charge in [-0.2, -0.15) is 5.10 Å². The van der Waals surface area contributed by atoms with Crippen LogP contribution in [0.1, 0.15) is 54.2 Å². The summed E-state index contributed by atoms with van der Waals surface area (Å²) in [6.45, 7) is 4.73. The van der Waals surface area contributed by atoms with E-state index in [1.165, 1.54) is 30.5 Å². The van der Waals surface area contributed by atoms with Gasteiger partial charge in [-0.15, -0.1) is 0 Å². The van der Waals surface area contributed by atoms with Crippen LogP contribution in [0.15, 0.2) is 36.5 Å². The molecule has 1 aromatic carbocycles. The van der Waals surface area contributed by atoms with Crippen LogP contribution in [0.25, 0.3) is 0 Å². The van der Waals surface area contributed by atoms with Gasteiger partial charge in [0.25, 0.3) is 5.91 Å². The van der Waals surface area contributed by atoms with Gasteiger partial charge >= 0.3 is 0 Å². The summed E-state index contributed by atoms with van der Waals surface area (Å²) in [5.74, 6) is -0.106. The number of amides is 1. The van der Waals surface area contributed by atoms with E-state index in [2.05, 4.69) is 38.8 Å². The molecule has 0 saturated carbocycles. The van der Waals surface area contributed by atoms with Crippen molar-refractivity contribution >= 4 is 11.6 Å². The summed E-state index contributed by atoms with van der Waals surface area (Å²) in [7, 11) is 0. The molecule has 27 heavy (non-hydrogen) atoms. The van der Waals surface area contributed by atoms with E-state index < -0.39 is 0 Å². The molecule has 0 aliphatic carbocycles. The van der Waals surface area contributed by atoms with E-state index in [-0.39, 0.29) is 5.91 Å². The summed E-state index contributed by atoms with van der Waals surface area (Å²) in [5.41, 5.74) is 2.91. The Morgan fingerprint density at radius 3 is 2.81 bits per heavy atom. The molecular formula is C21H29N5O. The molecule has 0 radical (unpaired) electrons. The molecule has 1 unspecified atom stereocenters. The van der Waals surface area contributed by atoms with Crippen LogP contribution >= 0.6 is 0 Å². The van der Waals surface area contributed by atoms with E-state index in [9.17, 15) is 4.79 Å². The Bertz CT molecular complexity index is 759. The van der Waals surface area contributed by atoms with Crippen molar-refractivity contribution < 1.29 is 4.79 Å². The first-order valence-corrected chi connectivity index (χ1v) is 10.2. The summed E-state index contributed by atoms with van der Waals surface area (Å²) in [5, 5.41) is 11.0. The Morgan fingerprint density at radius 2 is 2.00 bits per heavy atom. The maximum absolute atomic E-state index is 12.6. The molecular weight excluding hydrogens is 338 g/mol. The molecule has 2 aromatic rings. The number of nitrogens with zero attached hydrogens (tertiary/aromatic N) is 3. The number of nitrogens with one attached hydrogen (secondary N) is 2. The summed E-state index contributed by atoms with van der Waals surface area (Å²) in [4.78, 5) is 15.0. The Hall–Kier alpha value is -2.34. The van der Waals surface area contributed by atoms with Crippen LogP contribution in [0.2, 0.25) is 0 Å². The highest BCUT2D eigenvalue weighted by molar-refractivity contribution is 5.92. The molecule has 144 valence electrons. The van der Waals surface area contributed by atoms with Crippen LogP contribution in [0.4, 0.5) is 5.69 Å².